The third-order valence-electron chi connectivity index (χ3n) is 4.35. The first kappa shape index (κ1) is 16.9. The Labute approximate surface area is 142 Å². The number of piperidine rings is 1. The summed E-state index contributed by atoms with van der Waals surface area (Å²) in [5, 5.41) is 3.25. The van der Waals surface area contributed by atoms with Gasteiger partial charge in [0, 0.05) is 6.04 Å². The van der Waals surface area contributed by atoms with E-state index in [0.717, 1.165) is 25.9 Å². The first-order valence-electron chi connectivity index (χ1n) is 8.06. The van der Waals surface area contributed by atoms with E-state index >= 15 is 0 Å². The molecule has 0 bridgehead atoms. The highest BCUT2D eigenvalue weighted by atomic mass is 32.2. The van der Waals surface area contributed by atoms with Crippen LogP contribution < -0.4 is 9.62 Å². The summed E-state index contributed by atoms with van der Waals surface area (Å²) in [6.07, 6.45) is 1.45. The summed E-state index contributed by atoms with van der Waals surface area (Å²) in [5.74, 6) is -0.377. The van der Waals surface area contributed by atoms with Gasteiger partial charge < -0.3 is 5.32 Å². The van der Waals surface area contributed by atoms with Gasteiger partial charge >= 0.3 is 0 Å². The molecule has 0 unspecified atom stereocenters. The Kier molecular flexibility index (Phi) is 4.87. The van der Waals surface area contributed by atoms with Crippen LogP contribution in [0.4, 0.5) is 10.1 Å². The van der Waals surface area contributed by atoms with Crippen LogP contribution in [0.15, 0.2) is 53.4 Å². The van der Waals surface area contributed by atoms with Gasteiger partial charge in [0.15, 0.2) is 0 Å². The van der Waals surface area contributed by atoms with E-state index in [1.165, 1.54) is 28.6 Å². The molecule has 1 heterocycles. The van der Waals surface area contributed by atoms with Crippen molar-refractivity contribution < 1.29 is 12.8 Å². The average Bonchev–Trinajstić information content (AvgIpc) is 2.58. The molecule has 2 aromatic carbocycles. The van der Waals surface area contributed by atoms with Gasteiger partial charge in [-0.1, -0.05) is 18.2 Å². The fourth-order valence-corrected chi connectivity index (χ4v) is 5.07. The smallest absolute Gasteiger partial charge is 0.264 e. The van der Waals surface area contributed by atoms with Gasteiger partial charge in [0.25, 0.3) is 10.0 Å². The number of hydrogen-bond donors (Lipinski definition) is 1. The monoisotopic (exact) mass is 348 g/mol. The highest BCUT2D eigenvalue weighted by molar-refractivity contribution is 7.93. The lowest BCUT2D eigenvalue weighted by Crippen LogP contribution is -2.46. The number of nitrogens with one attached hydrogen (secondary N) is 1. The number of rotatable bonds is 4. The summed E-state index contributed by atoms with van der Waals surface area (Å²) in [6, 6.07) is 12.5. The Bertz CT molecular complexity index is 800. The molecule has 1 aliphatic rings. The highest BCUT2D eigenvalue weighted by Gasteiger charge is 2.33. The van der Waals surface area contributed by atoms with Crippen LogP contribution in [0.3, 0.4) is 0 Å². The molecule has 0 aromatic heterocycles. The standard InChI is InChI=1S/C18H21FN2O2S/c1-14-4-2-3-5-18(14)24(22,23)21(17-10-12-20-13-11-17)16-8-6-15(19)7-9-16/h2-9,17,20H,10-13H2,1H3. The minimum Gasteiger partial charge on any atom is -0.317 e. The summed E-state index contributed by atoms with van der Waals surface area (Å²) < 4.78 is 41.5. The van der Waals surface area contributed by atoms with E-state index in [4.69, 9.17) is 0 Å². The Hall–Kier alpha value is -1.92. The van der Waals surface area contributed by atoms with Crippen LogP contribution in [-0.2, 0) is 10.0 Å². The van der Waals surface area contributed by atoms with Crippen LogP contribution in [0.1, 0.15) is 18.4 Å². The van der Waals surface area contributed by atoms with Crippen molar-refractivity contribution in [2.45, 2.75) is 30.7 Å². The molecular weight excluding hydrogens is 327 g/mol. The molecule has 0 saturated carbocycles. The molecule has 2 aromatic rings. The molecule has 0 spiro atoms. The van der Waals surface area contributed by atoms with Crippen molar-refractivity contribution in [3.8, 4) is 0 Å². The molecule has 1 saturated heterocycles. The molecular formula is C18H21FN2O2S. The van der Waals surface area contributed by atoms with Gasteiger partial charge in [-0.2, -0.15) is 0 Å². The van der Waals surface area contributed by atoms with Crippen molar-refractivity contribution in [3.05, 3.63) is 59.9 Å². The maximum atomic E-state index is 13.3. The third kappa shape index (κ3) is 3.30. The largest absolute Gasteiger partial charge is 0.317 e. The predicted molar refractivity (Wildman–Crippen MR) is 93.1 cm³/mol. The normalized spacial score (nSPS) is 16.1. The van der Waals surface area contributed by atoms with Crippen molar-refractivity contribution in [2.75, 3.05) is 17.4 Å². The molecule has 1 N–H and O–H groups in total. The fraction of sp³-hybridized carbons (Fsp3) is 0.333. The lowest BCUT2D eigenvalue weighted by molar-refractivity contribution is 0.453. The van der Waals surface area contributed by atoms with E-state index < -0.39 is 10.0 Å². The zero-order valence-corrected chi connectivity index (χ0v) is 14.4. The van der Waals surface area contributed by atoms with Crippen LogP contribution in [0.25, 0.3) is 0 Å². The van der Waals surface area contributed by atoms with Crippen molar-refractivity contribution in [1.82, 2.24) is 5.32 Å². The molecule has 0 radical (unpaired) electrons. The van der Waals surface area contributed by atoms with E-state index in [9.17, 15) is 12.8 Å². The molecule has 24 heavy (non-hydrogen) atoms. The van der Waals surface area contributed by atoms with Gasteiger partial charge in [0.05, 0.1) is 10.6 Å². The number of aryl methyl sites for hydroxylation is 1. The van der Waals surface area contributed by atoms with Gasteiger partial charge in [-0.15, -0.1) is 0 Å². The number of halogens is 1. The van der Waals surface area contributed by atoms with E-state index in [0.29, 0.717) is 16.1 Å². The van der Waals surface area contributed by atoms with Gasteiger partial charge in [0.2, 0.25) is 0 Å². The second-order valence-corrected chi connectivity index (χ2v) is 7.81. The maximum absolute atomic E-state index is 13.3. The molecule has 0 atom stereocenters. The van der Waals surface area contributed by atoms with Crippen LogP contribution in [0.2, 0.25) is 0 Å². The molecule has 6 heteroatoms. The number of anilines is 1. The summed E-state index contributed by atoms with van der Waals surface area (Å²) >= 11 is 0. The Morgan fingerprint density at radius 1 is 1.04 bits per heavy atom. The van der Waals surface area contributed by atoms with Crippen LogP contribution in [-0.4, -0.2) is 27.5 Å². The van der Waals surface area contributed by atoms with Crippen molar-refractivity contribution in [3.63, 3.8) is 0 Å². The lowest BCUT2D eigenvalue weighted by Gasteiger charge is -2.35. The van der Waals surface area contributed by atoms with E-state index in [1.54, 1.807) is 25.1 Å². The van der Waals surface area contributed by atoms with E-state index in [1.807, 2.05) is 6.07 Å². The van der Waals surface area contributed by atoms with Crippen molar-refractivity contribution in [1.29, 1.82) is 0 Å². The molecule has 0 amide bonds. The quantitative estimate of drug-likeness (QED) is 0.924. The minimum atomic E-state index is -3.71. The van der Waals surface area contributed by atoms with E-state index in [-0.39, 0.29) is 11.9 Å². The van der Waals surface area contributed by atoms with Crippen molar-refractivity contribution >= 4 is 15.7 Å². The van der Waals surface area contributed by atoms with Gasteiger partial charge in [-0.05, 0) is 68.8 Å². The molecule has 4 nitrogen and oxygen atoms in total. The molecule has 1 fully saturated rings. The highest BCUT2D eigenvalue weighted by Crippen LogP contribution is 2.30. The van der Waals surface area contributed by atoms with Crippen LogP contribution in [0, 0.1) is 12.7 Å². The molecule has 128 valence electrons. The minimum absolute atomic E-state index is 0.138. The zero-order valence-electron chi connectivity index (χ0n) is 13.6. The molecule has 1 aliphatic heterocycles. The second kappa shape index (κ2) is 6.91. The van der Waals surface area contributed by atoms with Gasteiger partial charge in [-0.3, -0.25) is 4.31 Å². The summed E-state index contributed by atoms with van der Waals surface area (Å²) in [7, 11) is -3.71. The number of hydrogen-bond acceptors (Lipinski definition) is 3. The summed E-state index contributed by atoms with van der Waals surface area (Å²) in [6.45, 7) is 3.33. The Morgan fingerprint density at radius 3 is 2.29 bits per heavy atom. The van der Waals surface area contributed by atoms with Crippen LogP contribution >= 0.6 is 0 Å². The Balaban J connectivity index is 2.10. The first-order chi connectivity index (χ1) is 11.5. The van der Waals surface area contributed by atoms with Crippen LogP contribution in [0.5, 0.6) is 0 Å². The Morgan fingerprint density at radius 2 is 1.67 bits per heavy atom. The first-order valence-corrected chi connectivity index (χ1v) is 9.50. The van der Waals surface area contributed by atoms with Gasteiger partial charge in [-0.25, -0.2) is 12.8 Å². The predicted octanol–water partition coefficient (Wildman–Crippen LogP) is 3.08. The number of nitrogens with zero attached hydrogens (tertiary/aromatic N) is 1. The SMILES string of the molecule is Cc1ccccc1S(=O)(=O)N(c1ccc(F)cc1)C1CCNCC1. The second-order valence-electron chi connectivity index (χ2n) is 6.02. The zero-order chi connectivity index (χ0) is 17.2. The van der Waals surface area contributed by atoms with Crippen molar-refractivity contribution in [2.24, 2.45) is 0 Å². The summed E-state index contributed by atoms with van der Waals surface area (Å²) in [4.78, 5) is 0.299. The molecule has 3 rings (SSSR count). The number of benzene rings is 2. The topological polar surface area (TPSA) is 49.4 Å². The fourth-order valence-electron chi connectivity index (χ4n) is 3.13. The maximum Gasteiger partial charge on any atom is 0.264 e. The lowest BCUT2D eigenvalue weighted by atomic mass is 10.1. The average molecular weight is 348 g/mol. The summed E-state index contributed by atoms with van der Waals surface area (Å²) in [5.41, 5.74) is 1.21. The third-order valence-corrected chi connectivity index (χ3v) is 6.39. The number of sulfonamides is 1. The molecule has 0 aliphatic carbocycles. The van der Waals surface area contributed by atoms with Gasteiger partial charge in [0.1, 0.15) is 5.82 Å². The van der Waals surface area contributed by atoms with E-state index in [2.05, 4.69) is 5.32 Å².